The molecule has 0 fully saturated rings. The summed E-state index contributed by atoms with van der Waals surface area (Å²) in [6, 6.07) is 19.4. The second kappa shape index (κ2) is 7.49. The van der Waals surface area contributed by atoms with Crippen LogP contribution in [0.5, 0.6) is 5.75 Å². The lowest BCUT2D eigenvalue weighted by atomic mass is 10.0. The van der Waals surface area contributed by atoms with Crippen LogP contribution in [0.3, 0.4) is 0 Å². The molecule has 3 rings (SSSR count). The predicted octanol–water partition coefficient (Wildman–Crippen LogP) is 4.76. The molecule has 126 valence electrons. The van der Waals surface area contributed by atoms with Crippen LogP contribution >= 0.6 is 15.9 Å². The molecule has 0 spiro atoms. The second-order valence-corrected chi connectivity index (χ2v) is 6.40. The summed E-state index contributed by atoms with van der Waals surface area (Å²) in [6.45, 7) is 1.87. The molecule has 0 bridgehead atoms. The first-order chi connectivity index (χ1) is 12.1. The molecule has 25 heavy (non-hydrogen) atoms. The minimum atomic E-state index is -0.275. The zero-order chi connectivity index (χ0) is 17.8. The maximum Gasteiger partial charge on any atom is 0.271 e. The number of hydrogen-bond donors (Lipinski definition) is 1. The molecule has 5 heteroatoms. The molecule has 0 unspecified atom stereocenters. The summed E-state index contributed by atoms with van der Waals surface area (Å²) in [7, 11) is 1.58. The van der Waals surface area contributed by atoms with E-state index in [0.717, 1.165) is 21.1 Å². The maximum atomic E-state index is 12.3. The van der Waals surface area contributed by atoms with Crippen molar-refractivity contribution < 1.29 is 9.53 Å². The molecule has 0 saturated heterocycles. The van der Waals surface area contributed by atoms with E-state index >= 15 is 0 Å². The molecular formula is C20H17BrN2O2. The van der Waals surface area contributed by atoms with Crippen LogP contribution in [0.15, 0.2) is 70.2 Å². The van der Waals surface area contributed by atoms with Gasteiger partial charge in [0.2, 0.25) is 0 Å². The van der Waals surface area contributed by atoms with Gasteiger partial charge in [0.15, 0.2) is 0 Å². The molecule has 0 aliphatic rings. The molecule has 0 aliphatic heterocycles. The molecule has 1 N–H and O–H groups in total. The fourth-order valence-electron chi connectivity index (χ4n) is 2.49. The summed E-state index contributed by atoms with van der Waals surface area (Å²) >= 11 is 3.37. The van der Waals surface area contributed by atoms with Crippen LogP contribution in [-0.4, -0.2) is 18.7 Å². The summed E-state index contributed by atoms with van der Waals surface area (Å²) in [5.41, 5.74) is 4.81. The lowest BCUT2D eigenvalue weighted by molar-refractivity contribution is 0.0954. The highest BCUT2D eigenvalue weighted by Gasteiger charge is 2.08. The summed E-state index contributed by atoms with van der Waals surface area (Å²) in [4.78, 5) is 12.3. The van der Waals surface area contributed by atoms with Crippen molar-refractivity contribution in [1.29, 1.82) is 0 Å². The first-order valence-corrected chi connectivity index (χ1v) is 8.55. The first kappa shape index (κ1) is 17.2. The lowest BCUT2D eigenvalue weighted by Gasteiger charge is -2.07. The van der Waals surface area contributed by atoms with E-state index in [9.17, 15) is 4.79 Å². The van der Waals surface area contributed by atoms with Gasteiger partial charge in [-0.3, -0.25) is 4.79 Å². The minimum Gasteiger partial charge on any atom is -0.496 e. The van der Waals surface area contributed by atoms with Gasteiger partial charge in [-0.15, -0.1) is 0 Å². The van der Waals surface area contributed by atoms with Crippen molar-refractivity contribution >= 4 is 38.3 Å². The fourth-order valence-corrected chi connectivity index (χ4v) is 3.03. The normalized spacial score (nSPS) is 11.4. The molecule has 3 aromatic carbocycles. The minimum absolute atomic E-state index is 0.275. The van der Waals surface area contributed by atoms with Crippen LogP contribution in [0.4, 0.5) is 0 Å². The summed E-state index contributed by atoms with van der Waals surface area (Å²) in [6.07, 6.45) is 0. The molecule has 0 radical (unpaired) electrons. The number of hydrazone groups is 1. The highest BCUT2D eigenvalue weighted by molar-refractivity contribution is 9.10. The molecule has 0 heterocycles. The molecule has 0 aliphatic carbocycles. The van der Waals surface area contributed by atoms with Gasteiger partial charge in [0.05, 0.1) is 17.3 Å². The number of methoxy groups -OCH3 is 1. The van der Waals surface area contributed by atoms with E-state index in [4.69, 9.17) is 4.74 Å². The smallest absolute Gasteiger partial charge is 0.271 e. The number of ether oxygens (including phenoxy) is 1. The first-order valence-electron chi connectivity index (χ1n) is 7.76. The molecule has 1 amide bonds. The number of hydrogen-bond acceptors (Lipinski definition) is 3. The molecule has 0 aromatic heterocycles. The second-order valence-electron chi connectivity index (χ2n) is 5.55. The number of rotatable bonds is 4. The van der Waals surface area contributed by atoms with Gasteiger partial charge in [0.25, 0.3) is 5.91 Å². The zero-order valence-corrected chi connectivity index (χ0v) is 15.5. The monoisotopic (exact) mass is 396 g/mol. The van der Waals surface area contributed by atoms with E-state index < -0.39 is 0 Å². The Balaban J connectivity index is 1.77. The third-order valence-corrected chi connectivity index (χ3v) is 4.53. The van der Waals surface area contributed by atoms with Crippen molar-refractivity contribution in [2.45, 2.75) is 6.92 Å². The Morgan fingerprint density at radius 2 is 1.72 bits per heavy atom. The van der Waals surface area contributed by atoms with Crippen molar-refractivity contribution in [2.24, 2.45) is 5.10 Å². The molecule has 0 saturated carbocycles. The van der Waals surface area contributed by atoms with Gasteiger partial charge in [-0.05, 0) is 63.5 Å². The van der Waals surface area contributed by atoms with Crippen molar-refractivity contribution in [2.75, 3.05) is 7.11 Å². The van der Waals surface area contributed by atoms with E-state index in [1.807, 2.05) is 31.2 Å². The van der Waals surface area contributed by atoms with Crippen LogP contribution < -0.4 is 10.2 Å². The van der Waals surface area contributed by atoms with Crippen LogP contribution in [0.25, 0.3) is 10.8 Å². The number of fused-ring (bicyclic) bond motifs is 1. The third-order valence-electron chi connectivity index (χ3n) is 3.91. The number of nitrogens with zero attached hydrogens (tertiary/aromatic N) is 1. The van der Waals surface area contributed by atoms with Crippen molar-refractivity contribution in [3.63, 3.8) is 0 Å². The van der Waals surface area contributed by atoms with Gasteiger partial charge in [-0.1, -0.05) is 36.4 Å². The highest BCUT2D eigenvalue weighted by Crippen LogP contribution is 2.25. The Kier molecular flexibility index (Phi) is 5.14. The average molecular weight is 397 g/mol. The summed E-state index contributed by atoms with van der Waals surface area (Å²) < 4.78 is 5.88. The number of carbonyl (C=O) groups is 1. The zero-order valence-electron chi connectivity index (χ0n) is 13.9. The average Bonchev–Trinajstić information content (AvgIpc) is 2.65. The Bertz CT molecular complexity index is 967. The number of amides is 1. The van der Waals surface area contributed by atoms with E-state index in [1.54, 1.807) is 25.3 Å². The number of benzene rings is 3. The Labute approximate surface area is 154 Å². The van der Waals surface area contributed by atoms with Crippen molar-refractivity contribution in [3.8, 4) is 5.75 Å². The van der Waals surface area contributed by atoms with Crippen LogP contribution in [0.1, 0.15) is 22.8 Å². The standard InChI is InChI=1S/C20H17BrN2O2/c1-13(15-8-7-14-5-3-4-6-16(14)11-15)22-23-20(24)17-9-10-19(25-2)18(21)12-17/h3-12H,1-2H3,(H,23,24)/b22-13+. The van der Waals surface area contributed by atoms with Gasteiger partial charge in [-0.2, -0.15) is 5.10 Å². The Morgan fingerprint density at radius 1 is 1.00 bits per heavy atom. The van der Waals surface area contributed by atoms with Gasteiger partial charge in [0, 0.05) is 5.56 Å². The largest absolute Gasteiger partial charge is 0.496 e. The summed E-state index contributed by atoms with van der Waals surface area (Å²) in [5.74, 6) is 0.399. The maximum absolute atomic E-state index is 12.3. The molecule has 3 aromatic rings. The number of nitrogens with one attached hydrogen (secondary N) is 1. The van der Waals surface area contributed by atoms with E-state index in [2.05, 4.69) is 44.7 Å². The van der Waals surface area contributed by atoms with Crippen molar-refractivity contribution in [3.05, 3.63) is 76.3 Å². The van der Waals surface area contributed by atoms with Crippen LogP contribution in [0, 0.1) is 0 Å². The lowest BCUT2D eigenvalue weighted by Crippen LogP contribution is -2.19. The topological polar surface area (TPSA) is 50.7 Å². The number of halogens is 1. The SMILES string of the molecule is COc1ccc(C(=O)N/N=C(\C)c2ccc3ccccc3c2)cc1Br. The van der Waals surface area contributed by atoms with E-state index in [1.165, 1.54) is 5.39 Å². The van der Waals surface area contributed by atoms with E-state index in [-0.39, 0.29) is 5.91 Å². The van der Waals surface area contributed by atoms with Gasteiger partial charge < -0.3 is 4.74 Å². The third kappa shape index (κ3) is 3.88. The fraction of sp³-hybridized carbons (Fsp3) is 0.100. The Hall–Kier alpha value is -2.66. The molecule has 0 atom stereocenters. The van der Waals surface area contributed by atoms with Gasteiger partial charge >= 0.3 is 0 Å². The molecule has 4 nitrogen and oxygen atoms in total. The quantitative estimate of drug-likeness (QED) is 0.510. The Morgan fingerprint density at radius 3 is 2.44 bits per heavy atom. The van der Waals surface area contributed by atoms with Crippen LogP contribution in [-0.2, 0) is 0 Å². The molecular weight excluding hydrogens is 380 g/mol. The van der Waals surface area contributed by atoms with Crippen LogP contribution in [0.2, 0.25) is 0 Å². The summed E-state index contributed by atoms with van der Waals surface area (Å²) in [5, 5.41) is 6.53. The number of carbonyl (C=O) groups excluding carboxylic acids is 1. The van der Waals surface area contributed by atoms with Gasteiger partial charge in [-0.25, -0.2) is 5.43 Å². The van der Waals surface area contributed by atoms with Gasteiger partial charge in [0.1, 0.15) is 5.75 Å². The predicted molar refractivity (Wildman–Crippen MR) is 104 cm³/mol. The van der Waals surface area contributed by atoms with E-state index in [0.29, 0.717) is 11.3 Å². The van der Waals surface area contributed by atoms with Crippen molar-refractivity contribution in [1.82, 2.24) is 5.43 Å². The highest BCUT2D eigenvalue weighted by atomic mass is 79.9.